The molecule has 0 radical (unpaired) electrons. The van der Waals surface area contributed by atoms with Gasteiger partial charge in [0, 0.05) is 5.57 Å². The highest BCUT2D eigenvalue weighted by molar-refractivity contribution is 5.62. The quantitative estimate of drug-likeness (QED) is 0.515. The second-order valence-corrected chi connectivity index (χ2v) is 3.20. The number of nitriles is 2. The van der Waals surface area contributed by atoms with Gasteiger partial charge in [0.2, 0.25) is 0 Å². The summed E-state index contributed by atoms with van der Waals surface area (Å²) in [5, 5.41) is 17.1. The van der Waals surface area contributed by atoms with E-state index in [1.54, 1.807) is 19.1 Å². The van der Waals surface area contributed by atoms with Crippen molar-refractivity contribution < 1.29 is 4.42 Å². The molecule has 0 atom stereocenters. The van der Waals surface area contributed by atoms with Crippen LogP contribution in [0.5, 0.6) is 0 Å². The molecule has 74 valence electrons. The third kappa shape index (κ3) is 2.38. The molecule has 3 nitrogen and oxygen atoms in total. The van der Waals surface area contributed by atoms with Gasteiger partial charge in [-0.25, -0.2) is 0 Å². The molecule has 0 saturated carbocycles. The standard InChI is InChI=1S/C12H10N2O/c1-8-5-12(15-10(8)3)9(2)4-11(6-13)7-14/h5H,1-3H3. The van der Waals surface area contributed by atoms with Gasteiger partial charge in [-0.2, -0.15) is 10.5 Å². The fraction of sp³-hybridized carbons (Fsp3) is 0.250. The Morgan fingerprint density at radius 3 is 2.27 bits per heavy atom. The third-order valence-corrected chi connectivity index (χ3v) is 2.07. The van der Waals surface area contributed by atoms with E-state index >= 15 is 0 Å². The summed E-state index contributed by atoms with van der Waals surface area (Å²) in [5.74, 6) is 1.48. The van der Waals surface area contributed by atoms with Crippen LogP contribution < -0.4 is 0 Å². The van der Waals surface area contributed by atoms with Gasteiger partial charge in [0.25, 0.3) is 0 Å². The minimum Gasteiger partial charge on any atom is -0.461 e. The van der Waals surface area contributed by atoms with Gasteiger partial charge in [-0.05, 0) is 32.4 Å². The second kappa shape index (κ2) is 4.33. The molecule has 0 aliphatic carbocycles. The van der Waals surface area contributed by atoms with Gasteiger partial charge in [-0.15, -0.1) is 0 Å². The molecular weight excluding hydrogens is 188 g/mol. The summed E-state index contributed by atoms with van der Waals surface area (Å²) in [6.07, 6.45) is 0. The third-order valence-electron chi connectivity index (χ3n) is 2.07. The Hall–Kier alpha value is -2.22. The van der Waals surface area contributed by atoms with Crippen molar-refractivity contribution in [3.63, 3.8) is 0 Å². The monoisotopic (exact) mass is 198 g/mol. The summed E-state index contributed by atoms with van der Waals surface area (Å²) < 4.78 is 5.43. The van der Waals surface area contributed by atoms with Gasteiger partial charge >= 0.3 is 0 Å². The Morgan fingerprint density at radius 2 is 1.87 bits per heavy atom. The summed E-state index contributed by atoms with van der Waals surface area (Å²) >= 11 is 0. The molecule has 0 amide bonds. The van der Waals surface area contributed by atoms with Crippen LogP contribution in [0.4, 0.5) is 0 Å². The summed E-state index contributed by atoms with van der Waals surface area (Å²) in [5.41, 5.74) is 4.35. The lowest BCUT2D eigenvalue weighted by Crippen LogP contribution is -1.73. The van der Waals surface area contributed by atoms with E-state index in [1.807, 2.05) is 19.9 Å². The molecule has 1 rings (SSSR count). The van der Waals surface area contributed by atoms with Crippen molar-refractivity contribution in [3.8, 4) is 12.1 Å². The predicted molar refractivity (Wildman–Crippen MR) is 55.5 cm³/mol. The van der Waals surface area contributed by atoms with Crippen LogP contribution in [-0.4, -0.2) is 0 Å². The topological polar surface area (TPSA) is 60.7 Å². The molecule has 1 aromatic rings. The molecule has 1 heterocycles. The van der Waals surface area contributed by atoms with Gasteiger partial charge in [0.1, 0.15) is 23.7 Å². The van der Waals surface area contributed by atoms with Crippen molar-refractivity contribution in [3.05, 3.63) is 34.5 Å². The number of furan rings is 1. The fourth-order valence-electron chi connectivity index (χ4n) is 1.09. The number of hydrogen-bond acceptors (Lipinski definition) is 3. The molecular formula is C12H10N2O. The maximum Gasteiger partial charge on any atom is 0.172 e. The highest BCUT2D eigenvalue weighted by Crippen LogP contribution is 2.20. The highest BCUT2D eigenvalue weighted by atomic mass is 16.3. The van der Waals surface area contributed by atoms with Crippen LogP contribution in [0.1, 0.15) is 24.0 Å². The molecule has 15 heavy (non-hydrogen) atoms. The number of hydrogen-bond donors (Lipinski definition) is 0. The molecule has 0 saturated heterocycles. The van der Waals surface area contributed by atoms with Crippen molar-refractivity contribution in [2.75, 3.05) is 0 Å². The molecule has 0 unspecified atom stereocenters. The summed E-state index contributed by atoms with van der Waals surface area (Å²) in [7, 11) is 0. The van der Waals surface area contributed by atoms with E-state index in [1.165, 1.54) is 0 Å². The summed E-state index contributed by atoms with van der Waals surface area (Å²) in [6, 6.07) is 5.38. The van der Waals surface area contributed by atoms with Crippen molar-refractivity contribution >= 4 is 5.57 Å². The van der Waals surface area contributed by atoms with E-state index in [-0.39, 0.29) is 5.57 Å². The van der Waals surface area contributed by atoms with Crippen LogP contribution >= 0.6 is 0 Å². The number of allylic oxidation sites excluding steroid dienone is 1. The highest BCUT2D eigenvalue weighted by Gasteiger charge is 2.04. The lowest BCUT2D eigenvalue weighted by molar-refractivity contribution is 0.519. The molecule has 0 spiro atoms. The van der Waals surface area contributed by atoms with Crippen LogP contribution in [0.2, 0.25) is 0 Å². The average Bonchev–Trinajstić information content (AvgIpc) is 2.55. The number of rotatable bonds is 1. The minimum absolute atomic E-state index is 0.0424. The van der Waals surface area contributed by atoms with E-state index < -0.39 is 0 Å². The molecule has 0 aromatic carbocycles. The van der Waals surface area contributed by atoms with Crippen molar-refractivity contribution in [1.82, 2.24) is 0 Å². The van der Waals surface area contributed by atoms with Gasteiger partial charge in [0.05, 0.1) is 0 Å². The average molecular weight is 198 g/mol. The van der Waals surface area contributed by atoms with Crippen LogP contribution in [0.15, 0.2) is 21.8 Å². The van der Waals surface area contributed by atoms with E-state index in [4.69, 9.17) is 14.9 Å². The lowest BCUT2D eigenvalue weighted by Gasteiger charge is -1.89. The number of aryl methyl sites for hydroxylation is 2. The number of nitrogens with zero attached hydrogens (tertiary/aromatic N) is 2. The Bertz CT molecular complexity index is 493. The first-order chi connectivity index (χ1) is 7.08. The minimum atomic E-state index is -0.0424. The molecule has 0 N–H and O–H groups in total. The van der Waals surface area contributed by atoms with Crippen LogP contribution in [0.25, 0.3) is 5.57 Å². The fourth-order valence-corrected chi connectivity index (χ4v) is 1.09. The normalized spacial score (nSPS) is 8.60. The van der Waals surface area contributed by atoms with Crippen molar-refractivity contribution in [2.24, 2.45) is 0 Å². The van der Waals surface area contributed by atoms with Crippen LogP contribution in [0, 0.1) is 36.5 Å². The molecule has 3 heteroatoms. The van der Waals surface area contributed by atoms with Crippen molar-refractivity contribution in [2.45, 2.75) is 20.8 Å². The summed E-state index contributed by atoms with van der Waals surface area (Å²) in [4.78, 5) is 0. The first kappa shape index (κ1) is 10.9. The maximum atomic E-state index is 8.57. The largest absolute Gasteiger partial charge is 0.461 e. The predicted octanol–water partition coefficient (Wildman–Crippen LogP) is 2.87. The SMILES string of the molecule is CC(=C=C(C#N)C#N)c1cc(C)c(C)o1. The van der Waals surface area contributed by atoms with Gasteiger partial charge in [-0.3, -0.25) is 0 Å². The summed E-state index contributed by atoms with van der Waals surface area (Å²) in [6.45, 7) is 5.56. The molecule has 1 aromatic heterocycles. The zero-order valence-corrected chi connectivity index (χ0v) is 8.88. The van der Waals surface area contributed by atoms with E-state index in [2.05, 4.69) is 5.73 Å². The first-order valence-electron chi connectivity index (χ1n) is 4.43. The first-order valence-corrected chi connectivity index (χ1v) is 4.43. The molecule has 0 aliphatic rings. The van der Waals surface area contributed by atoms with Gasteiger partial charge in [0.15, 0.2) is 5.57 Å². The molecule has 0 aliphatic heterocycles. The second-order valence-electron chi connectivity index (χ2n) is 3.20. The van der Waals surface area contributed by atoms with Crippen LogP contribution in [0.3, 0.4) is 0 Å². The van der Waals surface area contributed by atoms with Crippen molar-refractivity contribution in [1.29, 1.82) is 10.5 Å². The van der Waals surface area contributed by atoms with E-state index in [0.29, 0.717) is 11.3 Å². The Balaban J connectivity index is 3.28. The Morgan fingerprint density at radius 1 is 1.27 bits per heavy atom. The Kier molecular flexibility index (Phi) is 3.13. The smallest absolute Gasteiger partial charge is 0.172 e. The molecule has 0 bridgehead atoms. The van der Waals surface area contributed by atoms with Gasteiger partial charge in [-0.1, -0.05) is 5.73 Å². The Labute approximate surface area is 88.6 Å². The zero-order chi connectivity index (χ0) is 11.4. The zero-order valence-electron chi connectivity index (χ0n) is 8.88. The lowest BCUT2D eigenvalue weighted by atomic mass is 10.2. The maximum absolute atomic E-state index is 8.57. The van der Waals surface area contributed by atoms with E-state index in [0.717, 1.165) is 11.3 Å². The van der Waals surface area contributed by atoms with E-state index in [9.17, 15) is 0 Å². The molecule has 0 fully saturated rings. The van der Waals surface area contributed by atoms with Crippen LogP contribution in [-0.2, 0) is 0 Å². The van der Waals surface area contributed by atoms with Gasteiger partial charge < -0.3 is 4.42 Å².